The van der Waals surface area contributed by atoms with Crippen molar-refractivity contribution in [3.05, 3.63) is 24.3 Å². The Bertz CT molecular complexity index is 557. The van der Waals surface area contributed by atoms with Crippen LogP contribution in [0.25, 0.3) is 0 Å². The van der Waals surface area contributed by atoms with E-state index in [1.165, 1.54) is 18.3 Å². The van der Waals surface area contributed by atoms with Gasteiger partial charge in [0.1, 0.15) is 0 Å². The number of nitriles is 1. The van der Waals surface area contributed by atoms with Crippen LogP contribution in [0.15, 0.2) is 34.2 Å². The van der Waals surface area contributed by atoms with Gasteiger partial charge in [-0.2, -0.15) is 5.26 Å². The third kappa shape index (κ3) is 2.96. The molecule has 1 rings (SSSR count). The summed E-state index contributed by atoms with van der Waals surface area (Å²) in [6.07, 6.45) is 2.59. The number of hydrogen-bond acceptors (Lipinski definition) is 4. The van der Waals surface area contributed by atoms with Crippen LogP contribution in [0, 0.1) is 11.5 Å². The molecule has 0 unspecified atom stereocenters. The lowest BCUT2D eigenvalue weighted by Crippen LogP contribution is -2.23. The second-order valence-electron chi connectivity index (χ2n) is 2.99. The Balaban J connectivity index is 3.17. The Morgan fingerprint density at radius 1 is 1.50 bits per heavy atom. The normalized spacial score (nSPS) is 11.9. The molecule has 0 amide bonds. The average molecular weight is 238 g/mol. The van der Waals surface area contributed by atoms with Gasteiger partial charge in [0.15, 0.2) is 9.84 Å². The highest BCUT2D eigenvalue weighted by Crippen LogP contribution is 2.19. The van der Waals surface area contributed by atoms with Crippen LogP contribution in [-0.4, -0.2) is 20.6 Å². The molecule has 0 radical (unpaired) electrons. The molecule has 0 aliphatic heterocycles. The minimum Gasteiger partial charge on any atom is -0.369 e. The van der Waals surface area contributed by atoms with Crippen LogP contribution in [-0.2, 0) is 9.84 Å². The van der Waals surface area contributed by atoms with Crippen molar-refractivity contribution < 1.29 is 8.42 Å². The number of para-hydroxylation sites is 1. The fourth-order valence-corrected chi connectivity index (χ4v) is 1.96. The van der Waals surface area contributed by atoms with Crippen LogP contribution < -0.4 is 11.1 Å². The van der Waals surface area contributed by atoms with Crippen molar-refractivity contribution in [2.24, 2.45) is 10.7 Å². The van der Waals surface area contributed by atoms with Crippen LogP contribution in [0.3, 0.4) is 0 Å². The summed E-state index contributed by atoms with van der Waals surface area (Å²) < 4.78 is 22.8. The van der Waals surface area contributed by atoms with Crippen molar-refractivity contribution in [2.75, 3.05) is 11.6 Å². The molecule has 1 aromatic rings. The Morgan fingerprint density at radius 3 is 2.69 bits per heavy atom. The molecule has 0 spiro atoms. The lowest BCUT2D eigenvalue weighted by molar-refractivity contribution is 0.602. The number of hydrogen-bond donors (Lipinski definition) is 2. The number of sulfone groups is 1. The van der Waals surface area contributed by atoms with Gasteiger partial charge in [0.05, 0.1) is 10.6 Å². The van der Waals surface area contributed by atoms with E-state index in [0.29, 0.717) is 5.69 Å². The van der Waals surface area contributed by atoms with Gasteiger partial charge in [0.2, 0.25) is 12.2 Å². The smallest absolute Gasteiger partial charge is 0.209 e. The molecule has 84 valence electrons. The average Bonchev–Trinajstić information content (AvgIpc) is 2.17. The van der Waals surface area contributed by atoms with Gasteiger partial charge in [0.25, 0.3) is 0 Å². The number of nitrogens with zero attached hydrogens (tertiary/aromatic N) is 2. The first-order chi connectivity index (χ1) is 7.45. The Morgan fingerprint density at radius 2 is 2.12 bits per heavy atom. The molecule has 0 aliphatic carbocycles. The number of guanidine groups is 1. The Hall–Kier alpha value is -2.07. The summed E-state index contributed by atoms with van der Waals surface area (Å²) in [5, 5.41) is 10.8. The van der Waals surface area contributed by atoms with E-state index in [1.807, 2.05) is 0 Å². The number of nitrogens with one attached hydrogen (secondary N) is 1. The van der Waals surface area contributed by atoms with E-state index in [0.717, 1.165) is 6.26 Å². The van der Waals surface area contributed by atoms with Crippen molar-refractivity contribution in [2.45, 2.75) is 4.90 Å². The van der Waals surface area contributed by atoms with E-state index < -0.39 is 9.84 Å². The van der Waals surface area contributed by atoms with E-state index in [9.17, 15) is 8.42 Å². The standard InChI is InChI=1S/C9H10N4O2S/c1-16(14,15)8-5-3-2-4-7(8)13-9(11)12-6-10/h2-5H,1H3,(H3,11,12,13). The molecule has 6 nitrogen and oxygen atoms in total. The molecule has 7 heteroatoms. The number of nitrogens with two attached hydrogens (primary N) is 1. The van der Waals surface area contributed by atoms with E-state index in [-0.39, 0.29) is 10.9 Å². The first kappa shape index (κ1) is 12.0. The SMILES string of the molecule is CS(=O)(=O)c1ccccc1N/C(N)=N\C#N. The molecule has 0 atom stereocenters. The summed E-state index contributed by atoms with van der Waals surface area (Å²) in [4.78, 5) is 3.34. The second kappa shape index (κ2) is 4.63. The minimum atomic E-state index is -3.35. The summed E-state index contributed by atoms with van der Waals surface area (Å²) in [5.74, 6) is -0.154. The molecule has 0 saturated heterocycles. The van der Waals surface area contributed by atoms with E-state index >= 15 is 0 Å². The molecule has 0 fully saturated rings. The first-order valence-corrected chi connectivity index (χ1v) is 6.12. The zero-order chi connectivity index (χ0) is 12.2. The monoisotopic (exact) mass is 238 g/mol. The van der Waals surface area contributed by atoms with Gasteiger partial charge in [-0.1, -0.05) is 12.1 Å². The fourth-order valence-electron chi connectivity index (χ4n) is 1.11. The predicted octanol–water partition coefficient (Wildman–Crippen LogP) is 0.298. The van der Waals surface area contributed by atoms with Crippen molar-refractivity contribution in [3.8, 4) is 6.19 Å². The number of benzene rings is 1. The predicted molar refractivity (Wildman–Crippen MR) is 60.4 cm³/mol. The molecule has 1 aromatic carbocycles. The molecule has 0 saturated carbocycles. The summed E-state index contributed by atoms with van der Waals surface area (Å²) in [5.41, 5.74) is 5.64. The van der Waals surface area contributed by atoms with Crippen molar-refractivity contribution in [1.29, 1.82) is 5.26 Å². The van der Waals surface area contributed by atoms with Crippen LogP contribution in [0.4, 0.5) is 5.69 Å². The van der Waals surface area contributed by atoms with E-state index in [4.69, 9.17) is 11.0 Å². The van der Waals surface area contributed by atoms with Gasteiger partial charge in [-0.3, -0.25) is 0 Å². The van der Waals surface area contributed by atoms with Crippen molar-refractivity contribution >= 4 is 21.5 Å². The van der Waals surface area contributed by atoms with Crippen LogP contribution in [0.5, 0.6) is 0 Å². The first-order valence-electron chi connectivity index (χ1n) is 4.23. The van der Waals surface area contributed by atoms with Crippen molar-refractivity contribution in [3.63, 3.8) is 0 Å². The second-order valence-corrected chi connectivity index (χ2v) is 4.97. The third-order valence-corrected chi connectivity index (χ3v) is 2.87. The maximum Gasteiger partial charge on any atom is 0.209 e. The molecule has 3 N–H and O–H groups in total. The highest BCUT2D eigenvalue weighted by molar-refractivity contribution is 7.90. The van der Waals surface area contributed by atoms with Crippen LogP contribution >= 0.6 is 0 Å². The minimum absolute atomic E-state index is 0.103. The van der Waals surface area contributed by atoms with Gasteiger partial charge >= 0.3 is 0 Å². The maximum absolute atomic E-state index is 11.4. The summed E-state index contributed by atoms with van der Waals surface area (Å²) in [6, 6.07) is 6.23. The maximum atomic E-state index is 11.4. The summed E-state index contributed by atoms with van der Waals surface area (Å²) in [6.45, 7) is 0. The largest absolute Gasteiger partial charge is 0.369 e. The molecule has 16 heavy (non-hydrogen) atoms. The van der Waals surface area contributed by atoms with Gasteiger partial charge in [-0.05, 0) is 12.1 Å². The topological polar surface area (TPSA) is 108 Å². The Labute approximate surface area is 93.3 Å². The number of aliphatic imine (C=N–C) groups is 1. The number of anilines is 1. The third-order valence-electron chi connectivity index (χ3n) is 1.72. The Kier molecular flexibility index (Phi) is 3.48. The fraction of sp³-hybridized carbons (Fsp3) is 0.111. The molecule has 0 aliphatic rings. The van der Waals surface area contributed by atoms with Crippen LogP contribution in [0.1, 0.15) is 0 Å². The lowest BCUT2D eigenvalue weighted by atomic mass is 10.3. The van der Waals surface area contributed by atoms with Gasteiger partial charge in [-0.15, -0.1) is 4.99 Å². The number of rotatable bonds is 2. The van der Waals surface area contributed by atoms with Gasteiger partial charge < -0.3 is 11.1 Å². The van der Waals surface area contributed by atoms with E-state index in [1.54, 1.807) is 12.1 Å². The molecule has 0 bridgehead atoms. The van der Waals surface area contributed by atoms with Crippen molar-refractivity contribution in [1.82, 2.24) is 0 Å². The van der Waals surface area contributed by atoms with Crippen LogP contribution in [0.2, 0.25) is 0 Å². The summed E-state index contributed by atoms with van der Waals surface area (Å²) in [7, 11) is -3.35. The molecular formula is C9H10N4O2S. The molecular weight excluding hydrogens is 228 g/mol. The highest BCUT2D eigenvalue weighted by atomic mass is 32.2. The highest BCUT2D eigenvalue weighted by Gasteiger charge is 2.12. The van der Waals surface area contributed by atoms with Gasteiger partial charge in [-0.25, -0.2) is 8.42 Å². The van der Waals surface area contributed by atoms with E-state index in [2.05, 4.69) is 10.3 Å². The quantitative estimate of drug-likeness (QED) is 0.437. The van der Waals surface area contributed by atoms with Gasteiger partial charge in [0, 0.05) is 6.26 Å². The molecule has 0 heterocycles. The zero-order valence-electron chi connectivity index (χ0n) is 8.51. The lowest BCUT2D eigenvalue weighted by Gasteiger charge is -2.08. The zero-order valence-corrected chi connectivity index (χ0v) is 9.32. The summed E-state index contributed by atoms with van der Waals surface area (Å²) >= 11 is 0. The molecule has 0 aromatic heterocycles.